The van der Waals surface area contributed by atoms with E-state index in [1.165, 1.54) is 5.56 Å². The van der Waals surface area contributed by atoms with Gasteiger partial charge in [0, 0.05) is 11.8 Å². The summed E-state index contributed by atoms with van der Waals surface area (Å²) in [7, 11) is 0. The zero-order valence-electron chi connectivity index (χ0n) is 10.9. The fourth-order valence-corrected chi connectivity index (χ4v) is 2.21. The summed E-state index contributed by atoms with van der Waals surface area (Å²) in [4.78, 5) is 15.6. The zero-order valence-corrected chi connectivity index (χ0v) is 10.9. The first-order valence-electron chi connectivity index (χ1n) is 6.20. The van der Waals surface area contributed by atoms with Crippen molar-refractivity contribution in [2.24, 2.45) is 0 Å². The van der Waals surface area contributed by atoms with E-state index in [0.29, 0.717) is 5.69 Å². The summed E-state index contributed by atoms with van der Waals surface area (Å²) in [5.74, 6) is 0.806. The van der Waals surface area contributed by atoms with Crippen LogP contribution in [0.3, 0.4) is 0 Å². The number of hydrogen-bond donors (Lipinski definition) is 0. The number of carbonyl (C=O) groups excluding carboxylic acids is 1. The molecule has 19 heavy (non-hydrogen) atoms. The molecular formula is C16H14N2O. The number of rotatable bonds is 2. The van der Waals surface area contributed by atoms with Gasteiger partial charge in [-0.05, 0) is 25.5 Å². The van der Waals surface area contributed by atoms with E-state index in [-0.39, 0.29) is 0 Å². The molecule has 0 spiro atoms. The molecule has 2 heterocycles. The third-order valence-electron chi connectivity index (χ3n) is 3.23. The predicted molar refractivity (Wildman–Crippen MR) is 75.5 cm³/mol. The van der Waals surface area contributed by atoms with Crippen LogP contribution in [0, 0.1) is 13.8 Å². The van der Waals surface area contributed by atoms with Crippen molar-refractivity contribution in [1.29, 1.82) is 0 Å². The highest BCUT2D eigenvalue weighted by atomic mass is 16.1. The molecule has 2 aromatic heterocycles. The number of carbonyl (C=O) groups is 1. The number of aldehydes is 1. The van der Waals surface area contributed by atoms with Gasteiger partial charge in [0.25, 0.3) is 0 Å². The molecule has 3 rings (SSSR count). The second kappa shape index (κ2) is 4.35. The van der Waals surface area contributed by atoms with E-state index in [0.717, 1.165) is 28.8 Å². The molecular weight excluding hydrogens is 236 g/mol. The second-order valence-corrected chi connectivity index (χ2v) is 4.77. The van der Waals surface area contributed by atoms with E-state index in [1.54, 1.807) is 0 Å². The molecule has 3 aromatic rings. The summed E-state index contributed by atoms with van der Waals surface area (Å²) in [6.45, 7) is 4.08. The van der Waals surface area contributed by atoms with E-state index in [4.69, 9.17) is 0 Å². The Balaban J connectivity index is 2.31. The molecule has 0 aliphatic carbocycles. The molecule has 0 fully saturated rings. The lowest BCUT2D eigenvalue weighted by Gasteiger charge is -2.03. The van der Waals surface area contributed by atoms with Gasteiger partial charge in [-0.1, -0.05) is 35.9 Å². The van der Waals surface area contributed by atoms with Crippen molar-refractivity contribution in [2.45, 2.75) is 13.8 Å². The van der Waals surface area contributed by atoms with Crippen LogP contribution in [0.15, 0.2) is 42.6 Å². The highest BCUT2D eigenvalue weighted by Gasteiger charge is 2.11. The van der Waals surface area contributed by atoms with Gasteiger partial charge in [0.2, 0.25) is 0 Å². The number of aromatic nitrogens is 2. The number of nitrogens with zero attached hydrogens (tertiary/aromatic N) is 2. The number of imidazole rings is 1. The van der Waals surface area contributed by atoms with Crippen molar-refractivity contribution < 1.29 is 4.79 Å². The van der Waals surface area contributed by atoms with E-state index >= 15 is 0 Å². The van der Waals surface area contributed by atoms with Gasteiger partial charge >= 0.3 is 0 Å². The van der Waals surface area contributed by atoms with Gasteiger partial charge < -0.3 is 0 Å². The van der Waals surface area contributed by atoms with Crippen LogP contribution in [0.2, 0.25) is 0 Å². The highest BCUT2D eigenvalue weighted by molar-refractivity contribution is 5.86. The fraction of sp³-hybridized carbons (Fsp3) is 0.125. The van der Waals surface area contributed by atoms with Crippen LogP contribution >= 0.6 is 0 Å². The highest BCUT2D eigenvalue weighted by Crippen LogP contribution is 2.23. The Kier molecular flexibility index (Phi) is 2.67. The fourth-order valence-electron chi connectivity index (χ4n) is 2.21. The van der Waals surface area contributed by atoms with E-state index in [9.17, 15) is 4.79 Å². The number of hydrogen-bond acceptors (Lipinski definition) is 2. The van der Waals surface area contributed by atoms with Crippen LogP contribution in [0.4, 0.5) is 0 Å². The average molecular weight is 250 g/mol. The Bertz CT molecular complexity index is 754. The second-order valence-electron chi connectivity index (χ2n) is 4.77. The first-order chi connectivity index (χ1) is 9.19. The van der Waals surface area contributed by atoms with Crippen LogP contribution in [-0.2, 0) is 0 Å². The van der Waals surface area contributed by atoms with E-state index in [2.05, 4.69) is 11.9 Å². The SMILES string of the molecule is Cc1ccc(-c2nc(C=O)c3ccc(C)cn23)cc1. The molecule has 0 unspecified atom stereocenters. The molecule has 3 nitrogen and oxygen atoms in total. The van der Waals surface area contributed by atoms with E-state index in [1.807, 2.05) is 53.9 Å². The third-order valence-corrected chi connectivity index (χ3v) is 3.23. The van der Waals surface area contributed by atoms with Crippen LogP contribution in [0.5, 0.6) is 0 Å². The molecule has 3 heteroatoms. The molecule has 0 bridgehead atoms. The maximum atomic E-state index is 11.1. The predicted octanol–water partition coefficient (Wildman–Crippen LogP) is 3.43. The molecule has 0 amide bonds. The number of pyridine rings is 1. The molecule has 0 aliphatic heterocycles. The van der Waals surface area contributed by atoms with Crippen LogP contribution in [0.1, 0.15) is 21.6 Å². The first-order valence-corrected chi connectivity index (χ1v) is 6.20. The van der Waals surface area contributed by atoms with Crippen molar-refractivity contribution in [3.05, 3.63) is 59.4 Å². The summed E-state index contributed by atoms with van der Waals surface area (Å²) in [6.07, 6.45) is 2.81. The molecule has 0 saturated heterocycles. The van der Waals surface area contributed by atoms with Crippen molar-refractivity contribution >= 4 is 11.8 Å². The van der Waals surface area contributed by atoms with Gasteiger partial charge in [0.15, 0.2) is 6.29 Å². The minimum Gasteiger partial charge on any atom is -0.299 e. The Morgan fingerprint density at radius 2 is 1.68 bits per heavy atom. The van der Waals surface area contributed by atoms with Gasteiger partial charge in [0.05, 0.1) is 5.52 Å². The smallest absolute Gasteiger partial charge is 0.170 e. The lowest BCUT2D eigenvalue weighted by molar-refractivity contribution is 0.112. The molecule has 94 valence electrons. The van der Waals surface area contributed by atoms with Crippen molar-refractivity contribution in [3.63, 3.8) is 0 Å². The Hall–Kier alpha value is -2.42. The van der Waals surface area contributed by atoms with Crippen molar-refractivity contribution in [2.75, 3.05) is 0 Å². The molecule has 0 aliphatic rings. The van der Waals surface area contributed by atoms with Gasteiger partial charge in [-0.3, -0.25) is 9.20 Å². The Morgan fingerprint density at radius 1 is 1.00 bits per heavy atom. The third kappa shape index (κ3) is 1.93. The normalized spacial score (nSPS) is 10.8. The van der Waals surface area contributed by atoms with Gasteiger partial charge in [-0.2, -0.15) is 0 Å². The Morgan fingerprint density at radius 3 is 2.37 bits per heavy atom. The minimum absolute atomic E-state index is 0.482. The van der Waals surface area contributed by atoms with Crippen LogP contribution in [0.25, 0.3) is 16.9 Å². The topological polar surface area (TPSA) is 34.4 Å². The van der Waals surface area contributed by atoms with Crippen molar-refractivity contribution in [3.8, 4) is 11.4 Å². The molecule has 0 radical (unpaired) electrons. The zero-order chi connectivity index (χ0) is 13.4. The maximum Gasteiger partial charge on any atom is 0.170 e. The quantitative estimate of drug-likeness (QED) is 0.653. The summed E-state index contributed by atoms with van der Waals surface area (Å²) >= 11 is 0. The number of fused-ring (bicyclic) bond motifs is 1. The molecule has 0 N–H and O–H groups in total. The molecule has 1 aromatic carbocycles. The van der Waals surface area contributed by atoms with E-state index < -0.39 is 0 Å². The summed E-state index contributed by atoms with van der Waals surface area (Å²) < 4.78 is 1.98. The lowest BCUT2D eigenvalue weighted by atomic mass is 10.1. The number of benzene rings is 1. The summed E-state index contributed by atoms with van der Waals surface area (Å²) in [6, 6.07) is 12.1. The van der Waals surface area contributed by atoms with Crippen LogP contribution < -0.4 is 0 Å². The Labute approximate surface area is 111 Å². The molecule has 0 saturated carbocycles. The van der Waals surface area contributed by atoms with Crippen molar-refractivity contribution in [1.82, 2.24) is 9.38 Å². The summed E-state index contributed by atoms with van der Waals surface area (Å²) in [5.41, 5.74) is 4.68. The average Bonchev–Trinajstić information content (AvgIpc) is 2.77. The number of aryl methyl sites for hydroxylation is 2. The largest absolute Gasteiger partial charge is 0.299 e. The monoisotopic (exact) mass is 250 g/mol. The lowest BCUT2D eigenvalue weighted by Crippen LogP contribution is -1.90. The van der Waals surface area contributed by atoms with Gasteiger partial charge in [-0.25, -0.2) is 4.98 Å². The molecule has 0 atom stereocenters. The minimum atomic E-state index is 0.482. The first kappa shape index (κ1) is 11.7. The van der Waals surface area contributed by atoms with Gasteiger partial charge in [0.1, 0.15) is 11.5 Å². The summed E-state index contributed by atoms with van der Waals surface area (Å²) in [5, 5.41) is 0. The standard InChI is InChI=1S/C16H14N2O/c1-11-3-6-13(7-4-11)16-17-14(10-19)15-8-5-12(2)9-18(15)16/h3-10H,1-2H3. The van der Waals surface area contributed by atoms with Crippen LogP contribution in [-0.4, -0.2) is 15.7 Å². The maximum absolute atomic E-state index is 11.1. The van der Waals surface area contributed by atoms with Gasteiger partial charge in [-0.15, -0.1) is 0 Å².